The minimum absolute atomic E-state index is 0.254. The number of nitrogens with one attached hydrogen (secondary N) is 2. The van der Waals surface area contributed by atoms with Gasteiger partial charge in [0.2, 0.25) is 0 Å². The molecule has 0 fully saturated rings. The van der Waals surface area contributed by atoms with Crippen LogP contribution in [0.5, 0.6) is 0 Å². The topological polar surface area (TPSA) is 41.1 Å². The quantitative estimate of drug-likeness (QED) is 0.838. The van der Waals surface area contributed by atoms with Crippen LogP contribution in [0.1, 0.15) is 15.9 Å². The molecule has 1 amide bonds. The summed E-state index contributed by atoms with van der Waals surface area (Å²) in [6.45, 7) is 1.96. The molecule has 5 heteroatoms. The van der Waals surface area contributed by atoms with Crippen LogP contribution in [0.25, 0.3) is 0 Å². The zero-order chi connectivity index (χ0) is 13.8. The van der Waals surface area contributed by atoms with Gasteiger partial charge in [0.25, 0.3) is 5.91 Å². The van der Waals surface area contributed by atoms with Crippen molar-refractivity contribution < 1.29 is 4.79 Å². The maximum absolute atomic E-state index is 11.9. The molecule has 3 nitrogen and oxygen atoms in total. The van der Waals surface area contributed by atoms with Crippen molar-refractivity contribution in [2.24, 2.45) is 0 Å². The van der Waals surface area contributed by atoms with E-state index in [1.807, 2.05) is 19.1 Å². The minimum Gasteiger partial charge on any atom is -0.295 e. The first-order valence-electron chi connectivity index (χ1n) is 5.65. The highest BCUT2D eigenvalue weighted by atomic mass is 35.5. The lowest BCUT2D eigenvalue weighted by molar-refractivity contribution is 0.0962. The normalized spacial score (nSPS) is 10.1. The van der Waals surface area contributed by atoms with E-state index >= 15 is 0 Å². The maximum Gasteiger partial charge on any atom is 0.269 e. The van der Waals surface area contributed by atoms with Crippen molar-refractivity contribution >= 4 is 34.8 Å². The van der Waals surface area contributed by atoms with E-state index in [4.69, 9.17) is 23.2 Å². The molecule has 2 N–H and O–H groups in total. The maximum atomic E-state index is 11.9. The smallest absolute Gasteiger partial charge is 0.269 e. The van der Waals surface area contributed by atoms with Crippen LogP contribution in [0.4, 0.5) is 5.69 Å². The van der Waals surface area contributed by atoms with Gasteiger partial charge >= 0.3 is 0 Å². The molecule has 0 aliphatic carbocycles. The summed E-state index contributed by atoms with van der Waals surface area (Å²) in [5, 5.41) is 0.883. The molecule has 0 aromatic heterocycles. The van der Waals surface area contributed by atoms with Gasteiger partial charge in [-0.05, 0) is 31.2 Å². The number of benzene rings is 2. The zero-order valence-electron chi connectivity index (χ0n) is 10.2. The van der Waals surface area contributed by atoms with Gasteiger partial charge in [-0.15, -0.1) is 0 Å². The number of rotatable bonds is 3. The molecule has 0 radical (unpaired) electrons. The van der Waals surface area contributed by atoms with Crippen molar-refractivity contribution in [1.29, 1.82) is 0 Å². The third kappa shape index (κ3) is 3.40. The Hall–Kier alpha value is -1.71. The van der Waals surface area contributed by atoms with E-state index in [1.54, 1.807) is 30.3 Å². The molecule has 2 aromatic rings. The van der Waals surface area contributed by atoms with Crippen LogP contribution in [-0.4, -0.2) is 5.91 Å². The van der Waals surface area contributed by atoms with E-state index < -0.39 is 0 Å². The van der Waals surface area contributed by atoms with Gasteiger partial charge in [-0.3, -0.25) is 15.6 Å². The lowest BCUT2D eigenvalue weighted by Gasteiger charge is -2.11. The Kier molecular flexibility index (Phi) is 4.30. The van der Waals surface area contributed by atoms with Crippen LogP contribution in [0.3, 0.4) is 0 Å². The van der Waals surface area contributed by atoms with Gasteiger partial charge in [0, 0.05) is 5.56 Å². The Morgan fingerprint density at radius 2 is 1.58 bits per heavy atom. The number of halogens is 2. The highest BCUT2D eigenvalue weighted by molar-refractivity contribution is 6.39. The van der Waals surface area contributed by atoms with Gasteiger partial charge in [0.15, 0.2) is 0 Å². The van der Waals surface area contributed by atoms with Crippen LogP contribution in [-0.2, 0) is 0 Å². The number of carbonyl (C=O) groups excluding carboxylic acids is 1. The molecule has 0 aliphatic heterocycles. The fourth-order valence-corrected chi connectivity index (χ4v) is 2.01. The molecular weight excluding hydrogens is 283 g/mol. The predicted octanol–water partition coefficient (Wildman–Crippen LogP) is 4.06. The summed E-state index contributed by atoms with van der Waals surface area (Å²) in [7, 11) is 0. The Morgan fingerprint density at radius 1 is 1.00 bits per heavy atom. The molecule has 0 bridgehead atoms. The molecule has 0 unspecified atom stereocenters. The van der Waals surface area contributed by atoms with E-state index in [0.29, 0.717) is 21.3 Å². The van der Waals surface area contributed by atoms with Gasteiger partial charge in [0.1, 0.15) is 0 Å². The van der Waals surface area contributed by atoms with Crippen molar-refractivity contribution in [3.05, 3.63) is 63.6 Å². The van der Waals surface area contributed by atoms with Crippen LogP contribution in [0.15, 0.2) is 42.5 Å². The fraction of sp³-hybridized carbons (Fsp3) is 0.0714. The first-order chi connectivity index (χ1) is 9.08. The monoisotopic (exact) mass is 294 g/mol. The number of carbonyl (C=O) groups is 1. The molecule has 0 aliphatic rings. The third-order valence-electron chi connectivity index (χ3n) is 2.58. The Morgan fingerprint density at radius 3 is 2.16 bits per heavy atom. The van der Waals surface area contributed by atoms with Crippen molar-refractivity contribution in [2.75, 3.05) is 5.43 Å². The highest BCUT2D eigenvalue weighted by Gasteiger charge is 2.08. The van der Waals surface area contributed by atoms with E-state index in [2.05, 4.69) is 10.9 Å². The molecule has 98 valence electrons. The second-order valence-electron chi connectivity index (χ2n) is 4.04. The lowest BCUT2D eigenvalue weighted by Crippen LogP contribution is -2.29. The number of anilines is 1. The third-order valence-corrected chi connectivity index (χ3v) is 3.21. The minimum atomic E-state index is -0.254. The number of hydrogen-bond donors (Lipinski definition) is 2. The van der Waals surface area contributed by atoms with E-state index in [9.17, 15) is 4.79 Å². The summed E-state index contributed by atoms with van der Waals surface area (Å²) in [5.74, 6) is -0.254. The first kappa shape index (κ1) is 13.7. The van der Waals surface area contributed by atoms with Gasteiger partial charge < -0.3 is 0 Å². The van der Waals surface area contributed by atoms with Gasteiger partial charge in [0.05, 0.1) is 15.7 Å². The first-order valence-corrected chi connectivity index (χ1v) is 6.40. The molecule has 0 spiro atoms. The highest BCUT2D eigenvalue weighted by Crippen LogP contribution is 2.28. The second-order valence-corrected chi connectivity index (χ2v) is 4.86. The average molecular weight is 295 g/mol. The van der Waals surface area contributed by atoms with Gasteiger partial charge in [-0.2, -0.15) is 0 Å². The summed E-state index contributed by atoms with van der Waals surface area (Å²) in [4.78, 5) is 11.9. The van der Waals surface area contributed by atoms with Crippen LogP contribution in [0, 0.1) is 6.92 Å². The number of para-hydroxylation sites is 1. The summed E-state index contributed by atoms with van der Waals surface area (Å²) < 4.78 is 0. The SMILES string of the molecule is Cc1ccc(C(=O)NNc2c(Cl)cccc2Cl)cc1. The number of hydrogen-bond acceptors (Lipinski definition) is 2. The molecule has 19 heavy (non-hydrogen) atoms. The summed E-state index contributed by atoms with van der Waals surface area (Å²) in [6.07, 6.45) is 0. The molecule has 0 heterocycles. The summed E-state index contributed by atoms with van der Waals surface area (Å²) >= 11 is 12.0. The van der Waals surface area contributed by atoms with E-state index in [1.165, 1.54) is 0 Å². The van der Waals surface area contributed by atoms with E-state index in [-0.39, 0.29) is 5.91 Å². The standard InChI is InChI=1S/C14H12Cl2N2O/c1-9-5-7-10(8-6-9)14(19)18-17-13-11(15)3-2-4-12(13)16/h2-8,17H,1H3,(H,18,19). The van der Waals surface area contributed by atoms with E-state index in [0.717, 1.165) is 5.56 Å². The zero-order valence-corrected chi connectivity index (χ0v) is 11.7. The average Bonchev–Trinajstić information content (AvgIpc) is 2.38. The molecule has 0 atom stereocenters. The van der Waals surface area contributed by atoms with Crippen molar-refractivity contribution in [1.82, 2.24) is 5.43 Å². The molecule has 2 rings (SSSR count). The van der Waals surface area contributed by atoms with Crippen LogP contribution < -0.4 is 10.9 Å². The molecule has 2 aromatic carbocycles. The van der Waals surface area contributed by atoms with Crippen molar-refractivity contribution in [3.63, 3.8) is 0 Å². The van der Waals surface area contributed by atoms with Crippen LogP contribution >= 0.6 is 23.2 Å². The molecule has 0 saturated carbocycles. The summed E-state index contributed by atoms with van der Waals surface area (Å²) in [5.41, 5.74) is 7.42. The Balaban J connectivity index is 2.06. The molecular formula is C14H12Cl2N2O. The summed E-state index contributed by atoms with van der Waals surface area (Å²) in [6, 6.07) is 12.4. The van der Waals surface area contributed by atoms with Crippen LogP contribution in [0.2, 0.25) is 10.0 Å². The lowest BCUT2D eigenvalue weighted by atomic mass is 10.1. The predicted molar refractivity (Wildman–Crippen MR) is 78.7 cm³/mol. The number of hydrazine groups is 1. The Labute approximate surface area is 121 Å². The second kappa shape index (κ2) is 5.95. The van der Waals surface area contributed by atoms with Crippen molar-refractivity contribution in [3.8, 4) is 0 Å². The largest absolute Gasteiger partial charge is 0.295 e. The molecule has 0 saturated heterocycles. The fourth-order valence-electron chi connectivity index (χ4n) is 1.51. The van der Waals surface area contributed by atoms with Gasteiger partial charge in [-0.25, -0.2) is 0 Å². The number of aryl methyl sites for hydroxylation is 1. The van der Waals surface area contributed by atoms with Crippen molar-refractivity contribution in [2.45, 2.75) is 6.92 Å². The van der Waals surface area contributed by atoms with Gasteiger partial charge in [-0.1, -0.05) is 47.0 Å². The Bertz CT molecular complexity index is 577. The number of amides is 1.